The lowest BCUT2D eigenvalue weighted by Crippen LogP contribution is -2.25. The Morgan fingerprint density at radius 2 is 2.00 bits per heavy atom. The van der Waals surface area contributed by atoms with Gasteiger partial charge >= 0.3 is 0 Å². The third-order valence-corrected chi connectivity index (χ3v) is 4.98. The number of hydrogen-bond acceptors (Lipinski definition) is 4. The van der Waals surface area contributed by atoms with Crippen LogP contribution < -0.4 is 11.1 Å². The summed E-state index contributed by atoms with van der Waals surface area (Å²) in [6.45, 7) is 4.38. The molecule has 1 aliphatic carbocycles. The Bertz CT molecular complexity index is 582. The van der Waals surface area contributed by atoms with Gasteiger partial charge < -0.3 is 11.1 Å². The van der Waals surface area contributed by atoms with Crippen molar-refractivity contribution in [3.8, 4) is 0 Å². The zero-order valence-electron chi connectivity index (χ0n) is 11.6. The van der Waals surface area contributed by atoms with Crippen molar-refractivity contribution in [3.05, 3.63) is 17.1 Å². The Morgan fingerprint density at radius 1 is 1.26 bits per heavy atom. The van der Waals surface area contributed by atoms with Crippen LogP contribution in [-0.4, -0.2) is 11.0 Å². The fourth-order valence-electron chi connectivity index (χ4n) is 2.85. The number of rotatable bonds is 2. The highest BCUT2D eigenvalue weighted by Gasteiger charge is 2.19. The number of benzene rings is 1. The smallest absolute Gasteiger partial charge is 0.0907 e. The highest BCUT2D eigenvalue weighted by molar-refractivity contribution is 7.18. The minimum Gasteiger partial charge on any atom is -0.397 e. The Labute approximate surface area is 118 Å². The topological polar surface area (TPSA) is 50.9 Å². The average Bonchev–Trinajstić information content (AvgIpc) is 2.72. The van der Waals surface area contributed by atoms with E-state index in [0.29, 0.717) is 6.04 Å². The fraction of sp³-hybridized carbons (Fsp3) is 0.533. The second-order valence-electron chi connectivity index (χ2n) is 5.74. The molecule has 1 heterocycles. The summed E-state index contributed by atoms with van der Waals surface area (Å²) < 4.78 is 1.18. The first-order valence-electron chi connectivity index (χ1n) is 7.05. The molecule has 102 valence electrons. The number of aryl methyl sites for hydroxylation is 1. The molecule has 19 heavy (non-hydrogen) atoms. The molecule has 2 aromatic rings. The molecule has 0 saturated heterocycles. The normalized spacial score (nSPS) is 23.7. The summed E-state index contributed by atoms with van der Waals surface area (Å²) in [5.41, 5.74) is 9.11. The quantitative estimate of drug-likeness (QED) is 0.808. The molecule has 0 radical (unpaired) electrons. The molecule has 0 amide bonds. The van der Waals surface area contributed by atoms with Gasteiger partial charge in [-0.15, -0.1) is 11.3 Å². The van der Waals surface area contributed by atoms with E-state index < -0.39 is 0 Å². The van der Waals surface area contributed by atoms with E-state index in [-0.39, 0.29) is 0 Å². The summed E-state index contributed by atoms with van der Waals surface area (Å²) in [4.78, 5) is 4.54. The summed E-state index contributed by atoms with van der Waals surface area (Å²) in [5, 5.41) is 4.71. The van der Waals surface area contributed by atoms with E-state index >= 15 is 0 Å². The maximum Gasteiger partial charge on any atom is 0.0907 e. The third-order valence-electron chi connectivity index (χ3n) is 4.04. The van der Waals surface area contributed by atoms with E-state index in [2.05, 4.69) is 23.3 Å². The molecule has 0 bridgehead atoms. The lowest BCUT2D eigenvalue weighted by atomic mass is 9.87. The van der Waals surface area contributed by atoms with Gasteiger partial charge in [-0.25, -0.2) is 4.98 Å². The number of aromatic nitrogens is 1. The van der Waals surface area contributed by atoms with Crippen LogP contribution in [0.1, 0.15) is 37.6 Å². The van der Waals surface area contributed by atoms with Crippen LogP contribution in [0.4, 0.5) is 11.4 Å². The largest absolute Gasteiger partial charge is 0.397 e. The first-order chi connectivity index (χ1) is 9.11. The molecule has 1 fully saturated rings. The number of fused-ring (bicyclic) bond motifs is 1. The highest BCUT2D eigenvalue weighted by atomic mass is 32.1. The van der Waals surface area contributed by atoms with E-state index in [1.807, 2.05) is 13.0 Å². The molecule has 0 atom stereocenters. The van der Waals surface area contributed by atoms with Crippen LogP contribution >= 0.6 is 11.3 Å². The third kappa shape index (κ3) is 2.68. The van der Waals surface area contributed by atoms with Gasteiger partial charge in [-0.1, -0.05) is 6.92 Å². The molecular formula is C15H21N3S. The molecule has 1 aliphatic rings. The zero-order chi connectivity index (χ0) is 13.4. The van der Waals surface area contributed by atoms with Crippen LogP contribution in [0.2, 0.25) is 0 Å². The van der Waals surface area contributed by atoms with E-state index in [1.54, 1.807) is 11.3 Å². The van der Waals surface area contributed by atoms with Crippen molar-refractivity contribution in [1.82, 2.24) is 4.98 Å². The summed E-state index contributed by atoms with van der Waals surface area (Å²) in [7, 11) is 0. The van der Waals surface area contributed by atoms with Crippen molar-refractivity contribution >= 4 is 32.9 Å². The number of thiazole rings is 1. The summed E-state index contributed by atoms with van der Waals surface area (Å²) in [6.07, 6.45) is 5.12. The Hall–Kier alpha value is -1.29. The molecule has 3 rings (SSSR count). The minimum atomic E-state index is 0.565. The number of nitrogens with one attached hydrogen (secondary N) is 1. The molecule has 1 aromatic heterocycles. The number of nitrogen functional groups attached to an aromatic ring is 1. The average molecular weight is 275 g/mol. The maximum atomic E-state index is 6.16. The van der Waals surface area contributed by atoms with Crippen LogP contribution in [0.3, 0.4) is 0 Å². The predicted octanol–water partition coefficient (Wildman–Crippen LogP) is 4.18. The van der Waals surface area contributed by atoms with Gasteiger partial charge in [0.25, 0.3) is 0 Å². The SMILES string of the molecule is Cc1nc2cc(NC3CCC(C)CC3)c(N)cc2s1. The lowest BCUT2D eigenvalue weighted by molar-refractivity contribution is 0.361. The Kier molecular flexibility index (Phi) is 3.35. The monoisotopic (exact) mass is 275 g/mol. The fourth-order valence-corrected chi connectivity index (χ4v) is 3.71. The van der Waals surface area contributed by atoms with Gasteiger partial charge in [0.05, 0.1) is 26.6 Å². The van der Waals surface area contributed by atoms with Crippen LogP contribution in [0.15, 0.2) is 12.1 Å². The molecular weight excluding hydrogens is 254 g/mol. The first kappa shape index (κ1) is 12.7. The second-order valence-corrected chi connectivity index (χ2v) is 6.98. The van der Waals surface area contributed by atoms with Crippen molar-refractivity contribution < 1.29 is 0 Å². The van der Waals surface area contributed by atoms with E-state index in [4.69, 9.17) is 5.73 Å². The highest BCUT2D eigenvalue weighted by Crippen LogP contribution is 2.32. The summed E-state index contributed by atoms with van der Waals surface area (Å²) in [6, 6.07) is 4.72. The molecule has 1 aromatic carbocycles. The Morgan fingerprint density at radius 3 is 2.74 bits per heavy atom. The van der Waals surface area contributed by atoms with Gasteiger partial charge in [0.1, 0.15) is 0 Å². The van der Waals surface area contributed by atoms with Gasteiger partial charge in [-0.05, 0) is 50.7 Å². The van der Waals surface area contributed by atoms with Crippen LogP contribution in [0, 0.1) is 12.8 Å². The number of hydrogen-bond donors (Lipinski definition) is 2. The van der Waals surface area contributed by atoms with Crippen LogP contribution in [0.5, 0.6) is 0 Å². The molecule has 0 unspecified atom stereocenters. The maximum absolute atomic E-state index is 6.16. The van der Waals surface area contributed by atoms with Gasteiger partial charge in [0, 0.05) is 6.04 Å². The number of nitrogens with two attached hydrogens (primary N) is 1. The molecule has 1 saturated carbocycles. The van der Waals surface area contributed by atoms with E-state index in [0.717, 1.165) is 27.8 Å². The standard InChI is InChI=1S/C15H21N3S/c1-9-3-5-11(6-4-9)18-13-8-14-15(7-12(13)16)19-10(2)17-14/h7-9,11,18H,3-6,16H2,1-2H3. The summed E-state index contributed by atoms with van der Waals surface area (Å²) in [5.74, 6) is 0.874. The molecule has 0 spiro atoms. The van der Waals surface area contributed by atoms with Crippen LogP contribution in [-0.2, 0) is 0 Å². The second kappa shape index (κ2) is 5.00. The van der Waals surface area contributed by atoms with Crippen molar-refractivity contribution in [3.63, 3.8) is 0 Å². The van der Waals surface area contributed by atoms with Gasteiger partial charge in [0.15, 0.2) is 0 Å². The molecule has 4 heteroatoms. The zero-order valence-corrected chi connectivity index (χ0v) is 12.4. The first-order valence-corrected chi connectivity index (χ1v) is 7.86. The Balaban J connectivity index is 1.82. The van der Waals surface area contributed by atoms with Crippen molar-refractivity contribution in [2.75, 3.05) is 11.1 Å². The predicted molar refractivity (Wildman–Crippen MR) is 83.8 cm³/mol. The van der Waals surface area contributed by atoms with E-state index in [9.17, 15) is 0 Å². The van der Waals surface area contributed by atoms with Crippen LogP contribution in [0.25, 0.3) is 10.2 Å². The van der Waals surface area contributed by atoms with Crippen molar-refractivity contribution in [2.45, 2.75) is 45.6 Å². The lowest BCUT2D eigenvalue weighted by Gasteiger charge is -2.28. The van der Waals surface area contributed by atoms with Gasteiger partial charge in [-0.2, -0.15) is 0 Å². The molecule has 3 N–H and O–H groups in total. The van der Waals surface area contributed by atoms with Gasteiger partial charge in [-0.3, -0.25) is 0 Å². The van der Waals surface area contributed by atoms with E-state index in [1.165, 1.54) is 30.4 Å². The number of nitrogens with zero attached hydrogens (tertiary/aromatic N) is 1. The summed E-state index contributed by atoms with van der Waals surface area (Å²) >= 11 is 1.70. The molecule has 0 aliphatic heterocycles. The minimum absolute atomic E-state index is 0.565. The molecule has 3 nitrogen and oxygen atoms in total. The van der Waals surface area contributed by atoms with Gasteiger partial charge in [0.2, 0.25) is 0 Å². The van der Waals surface area contributed by atoms with Crippen molar-refractivity contribution in [1.29, 1.82) is 0 Å². The van der Waals surface area contributed by atoms with Crippen molar-refractivity contribution in [2.24, 2.45) is 5.92 Å². The number of anilines is 2.